The van der Waals surface area contributed by atoms with E-state index in [1.807, 2.05) is 6.92 Å². The smallest absolute Gasteiger partial charge is 0.0725 e. The molecule has 0 radical (unpaired) electrons. The van der Waals surface area contributed by atoms with Crippen molar-refractivity contribution in [2.45, 2.75) is 64.6 Å². The van der Waals surface area contributed by atoms with Gasteiger partial charge in [-0.15, -0.1) is 0 Å². The van der Waals surface area contributed by atoms with Gasteiger partial charge in [-0.2, -0.15) is 0 Å². The van der Waals surface area contributed by atoms with Crippen molar-refractivity contribution >= 4 is 0 Å². The SMILES string of the molecule is CCOC1CC(O)(C2CC(C)CC(C)C2)C1. The van der Waals surface area contributed by atoms with E-state index in [4.69, 9.17) is 4.74 Å². The fourth-order valence-corrected chi connectivity index (χ4v) is 3.80. The second-order valence-corrected chi connectivity index (χ2v) is 6.20. The molecule has 0 spiro atoms. The predicted octanol–water partition coefficient (Wildman–Crippen LogP) is 2.99. The molecule has 2 heteroatoms. The summed E-state index contributed by atoms with van der Waals surface area (Å²) in [4.78, 5) is 0. The van der Waals surface area contributed by atoms with E-state index in [2.05, 4.69) is 13.8 Å². The van der Waals surface area contributed by atoms with E-state index in [-0.39, 0.29) is 0 Å². The number of hydrogen-bond donors (Lipinski definition) is 1. The number of ether oxygens (including phenoxy) is 1. The van der Waals surface area contributed by atoms with Gasteiger partial charge in [-0.3, -0.25) is 0 Å². The van der Waals surface area contributed by atoms with Crippen LogP contribution < -0.4 is 0 Å². The normalized spacial score (nSPS) is 48.8. The quantitative estimate of drug-likeness (QED) is 0.801. The van der Waals surface area contributed by atoms with Crippen LogP contribution in [-0.4, -0.2) is 23.4 Å². The summed E-state index contributed by atoms with van der Waals surface area (Å²) in [5, 5.41) is 10.6. The Labute approximate surface area is 99.4 Å². The van der Waals surface area contributed by atoms with Crippen molar-refractivity contribution in [2.75, 3.05) is 6.61 Å². The van der Waals surface area contributed by atoms with E-state index in [9.17, 15) is 5.11 Å². The molecule has 0 bridgehead atoms. The minimum absolute atomic E-state index is 0.322. The molecule has 0 heterocycles. The Kier molecular flexibility index (Phi) is 3.60. The summed E-state index contributed by atoms with van der Waals surface area (Å²) < 4.78 is 5.56. The molecular weight excluding hydrogens is 200 g/mol. The molecule has 2 rings (SSSR count). The van der Waals surface area contributed by atoms with Gasteiger partial charge in [0.2, 0.25) is 0 Å². The van der Waals surface area contributed by atoms with E-state index in [1.165, 1.54) is 19.3 Å². The lowest BCUT2D eigenvalue weighted by molar-refractivity contribution is -0.177. The standard InChI is InChI=1S/C14H26O2/c1-4-16-13-8-14(15,9-13)12-6-10(2)5-11(3)7-12/h10-13,15H,4-9H2,1-3H3. The highest BCUT2D eigenvalue weighted by Gasteiger charge is 2.50. The molecule has 2 saturated carbocycles. The summed E-state index contributed by atoms with van der Waals surface area (Å²) in [6.07, 6.45) is 5.80. The molecule has 0 aromatic carbocycles. The Balaban J connectivity index is 1.88. The fraction of sp³-hybridized carbons (Fsp3) is 1.00. The molecule has 16 heavy (non-hydrogen) atoms. The van der Waals surface area contributed by atoms with E-state index in [1.54, 1.807) is 0 Å². The van der Waals surface area contributed by atoms with Crippen molar-refractivity contribution in [1.29, 1.82) is 0 Å². The van der Waals surface area contributed by atoms with Gasteiger partial charge in [-0.25, -0.2) is 0 Å². The third kappa shape index (κ3) is 2.43. The van der Waals surface area contributed by atoms with Crippen molar-refractivity contribution in [2.24, 2.45) is 17.8 Å². The summed E-state index contributed by atoms with van der Waals surface area (Å²) in [6, 6.07) is 0. The fourth-order valence-electron chi connectivity index (χ4n) is 3.80. The second-order valence-electron chi connectivity index (χ2n) is 6.20. The van der Waals surface area contributed by atoms with Crippen molar-refractivity contribution in [1.82, 2.24) is 0 Å². The van der Waals surface area contributed by atoms with Gasteiger partial charge >= 0.3 is 0 Å². The Hall–Kier alpha value is -0.0800. The Bertz CT molecular complexity index is 223. The van der Waals surface area contributed by atoms with E-state index >= 15 is 0 Å². The van der Waals surface area contributed by atoms with Gasteiger partial charge < -0.3 is 9.84 Å². The largest absolute Gasteiger partial charge is 0.389 e. The van der Waals surface area contributed by atoms with E-state index < -0.39 is 5.60 Å². The highest BCUT2D eigenvalue weighted by atomic mass is 16.5. The van der Waals surface area contributed by atoms with Crippen LogP contribution in [-0.2, 0) is 4.74 Å². The highest BCUT2D eigenvalue weighted by molar-refractivity contribution is 5.01. The lowest BCUT2D eigenvalue weighted by atomic mass is 9.61. The van der Waals surface area contributed by atoms with Crippen molar-refractivity contribution in [3.05, 3.63) is 0 Å². The lowest BCUT2D eigenvalue weighted by Gasteiger charge is -2.51. The molecule has 94 valence electrons. The second kappa shape index (κ2) is 4.66. The van der Waals surface area contributed by atoms with Crippen molar-refractivity contribution < 1.29 is 9.84 Å². The summed E-state index contributed by atoms with van der Waals surface area (Å²) >= 11 is 0. The third-order valence-electron chi connectivity index (χ3n) is 4.50. The van der Waals surface area contributed by atoms with Crippen LogP contribution in [0.15, 0.2) is 0 Å². The Morgan fingerprint density at radius 1 is 1.12 bits per heavy atom. The summed E-state index contributed by atoms with van der Waals surface area (Å²) in [7, 11) is 0. The van der Waals surface area contributed by atoms with Crippen LogP contribution in [0.1, 0.15) is 52.9 Å². The summed E-state index contributed by atoms with van der Waals surface area (Å²) in [5.41, 5.74) is -0.400. The average Bonchev–Trinajstić information content (AvgIpc) is 2.14. The van der Waals surface area contributed by atoms with Crippen molar-refractivity contribution in [3.8, 4) is 0 Å². The Morgan fingerprint density at radius 3 is 2.19 bits per heavy atom. The zero-order valence-corrected chi connectivity index (χ0v) is 10.9. The molecule has 2 atom stereocenters. The van der Waals surface area contributed by atoms with Crippen LogP contribution in [0.3, 0.4) is 0 Å². The maximum atomic E-state index is 10.6. The Morgan fingerprint density at radius 2 is 1.69 bits per heavy atom. The van der Waals surface area contributed by atoms with Crippen LogP contribution >= 0.6 is 0 Å². The first-order valence-corrected chi connectivity index (χ1v) is 6.87. The van der Waals surface area contributed by atoms with Gasteiger partial charge in [0, 0.05) is 19.4 Å². The maximum Gasteiger partial charge on any atom is 0.0725 e. The van der Waals surface area contributed by atoms with Gasteiger partial charge in [0.15, 0.2) is 0 Å². The highest BCUT2D eigenvalue weighted by Crippen LogP contribution is 2.48. The number of rotatable bonds is 3. The molecule has 2 nitrogen and oxygen atoms in total. The summed E-state index contributed by atoms with van der Waals surface area (Å²) in [6.45, 7) is 7.45. The van der Waals surface area contributed by atoms with Gasteiger partial charge in [0.1, 0.15) is 0 Å². The lowest BCUT2D eigenvalue weighted by Crippen LogP contribution is -2.54. The first-order chi connectivity index (χ1) is 7.53. The molecule has 2 fully saturated rings. The minimum Gasteiger partial charge on any atom is -0.389 e. The monoisotopic (exact) mass is 226 g/mol. The molecule has 2 aliphatic carbocycles. The van der Waals surface area contributed by atoms with Gasteiger partial charge in [-0.05, 0) is 43.9 Å². The molecule has 0 aliphatic heterocycles. The van der Waals surface area contributed by atoms with Gasteiger partial charge in [0.25, 0.3) is 0 Å². The molecule has 2 aliphatic rings. The van der Waals surface area contributed by atoms with Crippen LogP contribution in [0, 0.1) is 17.8 Å². The molecular formula is C14H26O2. The molecule has 0 aromatic heterocycles. The third-order valence-corrected chi connectivity index (χ3v) is 4.50. The molecule has 0 amide bonds. The number of hydrogen-bond acceptors (Lipinski definition) is 2. The van der Waals surface area contributed by atoms with Crippen LogP contribution in [0.2, 0.25) is 0 Å². The van der Waals surface area contributed by atoms with Crippen LogP contribution in [0.5, 0.6) is 0 Å². The van der Waals surface area contributed by atoms with Crippen LogP contribution in [0.25, 0.3) is 0 Å². The molecule has 0 saturated heterocycles. The predicted molar refractivity (Wildman–Crippen MR) is 65.3 cm³/mol. The van der Waals surface area contributed by atoms with E-state index in [0.29, 0.717) is 12.0 Å². The summed E-state index contributed by atoms with van der Waals surface area (Å²) in [5.74, 6) is 2.08. The number of aliphatic hydroxyl groups is 1. The molecule has 1 N–H and O–H groups in total. The first-order valence-electron chi connectivity index (χ1n) is 6.87. The van der Waals surface area contributed by atoms with Gasteiger partial charge in [0.05, 0.1) is 11.7 Å². The molecule has 2 unspecified atom stereocenters. The molecule has 0 aromatic rings. The minimum atomic E-state index is -0.400. The van der Waals surface area contributed by atoms with Crippen LogP contribution in [0.4, 0.5) is 0 Å². The topological polar surface area (TPSA) is 29.5 Å². The maximum absolute atomic E-state index is 10.6. The van der Waals surface area contributed by atoms with Gasteiger partial charge in [-0.1, -0.05) is 13.8 Å². The first kappa shape index (κ1) is 12.4. The van der Waals surface area contributed by atoms with Crippen molar-refractivity contribution in [3.63, 3.8) is 0 Å². The zero-order chi connectivity index (χ0) is 11.8. The van der Waals surface area contributed by atoms with E-state index in [0.717, 1.165) is 31.3 Å². The zero-order valence-electron chi connectivity index (χ0n) is 10.9. The average molecular weight is 226 g/mol.